The number of benzene rings is 1. The molecule has 20 heavy (non-hydrogen) atoms. The fraction of sp³-hybridized carbons (Fsp3) is 0.417. The summed E-state index contributed by atoms with van der Waals surface area (Å²) in [6.45, 7) is 0.445. The van der Waals surface area contributed by atoms with E-state index in [1.54, 1.807) is 6.07 Å². The SMILES string of the molecule is COCCCC(Nc1ccc(I)cc1[N+](=O)[O-])C(=O)O. The Bertz CT molecular complexity index is 495. The van der Waals surface area contributed by atoms with Crippen molar-refractivity contribution in [3.05, 3.63) is 31.9 Å². The Morgan fingerprint density at radius 1 is 1.60 bits per heavy atom. The van der Waals surface area contributed by atoms with E-state index in [-0.39, 0.29) is 11.4 Å². The van der Waals surface area contributed by atoms with Gasteiger partial charge in [0.2, 0.25) is 0 Å². The lowest BCUT2D eigenvalue weighted by Crippen LogP contribution is -2.29. The van der Waals surface area contributed by atoms with Crippen LogP contribution in [0.1, 0.15) is 12.8 Å². The Labute approximate surface area is 129 Å². The number of rotatable bonds is 8. The normalized spacial score (nSPS) is 11.9. The first kappa shape index (κ1) is 16.6. The summed E-state index contributed by atoms with van der Waals surface area (Å²) >= 11 is 1.97. The van der Waals surface area contributed by atoms with E-state index in [0.717, 1.165) is 0 Å². The second kappa shape index (κ2) is 8.00. The molecule has 1 aromatic carbocycles. The van der Waals surface area contributed by atoms with Crippen LogP contribution in [-0.2, 0) is 9.53 Å². The Morgan fingerprint density at radius 3 is 2.85 bits per heavy atom. The largest absolute Gasteiger partial charge is 0.480 e. The summed E-state index contributed by atoms with van der Waals surface area (Å²) in [5.41, 5.74) is 0.0788. The zero-order valence-corrected chi connectivity index (χ0v) is 13.0. The van der Waals surface area contributed by atoms with E-state index in [1.165, 1.54) is 19.2 Å². The average Bonchev–Trinajstić information content (AvgIpc) is 2.39. The van der Waals surface area contributed by atoms with Crippen molar-refractivity contribution in [2.45, 2.75) is 18.9 Å². The molecule has 1 aromatic rings. The van der Waals surface area contributed by atoms with Crippen LogP contribution in [0.3, 0.4) is 0 Å². The molecule has 7 nitrogen and oxygen atoms in total. The first-order valence-corrected chi connectivity index (χ1v) is 6.95. The van der Waals surface area contributed by atoms with Crippen LogP contribution in [0, 0.1) is 13.7 Å². The van der Waals surface area contributed by atoms with Gasteiger partial charge >= 0.3 is 5.97 Å². The van der Waals surface area contributed by atoms with Gasteiger partial charge in [0.25, 0.3) is 5.69 Å². The highest BCUT2D eigenvalue weighted by molar-refractivity contribution is 14.1. The molecule has 0 aliphatic heterocycles. The van der Waals surface area contributed by atoms with Gasteiger partial charge in [-0.25, -0.2) is 4.79 Å². The van der Waals surface area contributed by atoms with Crippen LogP contribution < -0.4 is 5.32 Å². The highest BCUT2D eigenvalue weighted by atomic mass is 127. The van der Waals surface area contributed by atoms with Gasteiger partial charge in [-0.15, -0.1) is 0 Å². The van der Waals surface area contributed by atoms with Crippen molar-refractivity contribution >= 4 is 39.9 Å². The summed E-state index contributed by atoms with van der Waals surface area (Å²) in [5, 5.41) is 22.8. The smallest absolute Gasteiger partial charge is 0.326 e. The molecule has 0 aliphatic carbocycles. The minimum Gasteiger partial charge on any atom is -0.480 e. The molecule has 110 valence electrons. The summed E-state index contributed by atoms with van der Waals surface area (Å²) in [7, 11) is 1.53. The Balaban J connectivity index is 2.87. The van der Waals surface area contributed by atoms with Crippen molar-refractivity contribution in [1.29, 1.82) is 0 Å². The van der Waals surface area contributed by atoms with Crippen molar-refractivity contribution < 1.29 is 19.6 Å². The summed E-state index contributed by atoms with van der Waals surface area (Å²) in [5.74, 6) is -1.05. The van der Waals surface area contributed by atoms with E-state index < -0.39 is 16.9 Å². The topological polar surface area (TPSA) is 102 Å². The number of methoxy groups -OCH3 is 1. The van der Waals surface area contributed by atoms with Crippen molar-refractivity contribution in [3.63, 3.8) is 0 Å². The zero-order chi connectivity index (χ0) is 15.1. The van der Waals surface area contributed by atoms with E-state index in [1.807, 2.05) is 22.6 Å². The first-order valence-electron chi connectivity index (χ1n) is 5.88. The number of aliphatic carboxylic acids is 1. The number of carboxylic acids is 1. The predicted octanol–water partition coefficient (Wildman–Crippen LogP) is 2.49. The van der Waals surface area contributed by atoms with Crippen molar-refractivity contribution in [2.75, 3.05) is 19.0 Å². The molecule has 1 rings (SSSR count). The number of anilines is 1. The number of hydrogen-bond acceptors (Lipinski definition) is 5. The minimum atomic E-state index is -1.05. The molecular weight excluding hydrogens is 379 g/mol. The number of carboxylic acid groups (broad SMARTS) is 1. The number of nitro benzene ring substituents is 1. The van der Waals surface area contributed by atoms with Gasteiger partial charge in [-0.1, -0.05) is 0 Å². The fourth-order valence-electron chi connectivity index (χ4n) is 1.65. The Kier molecular flexibility index (Phi) is 6.65. The van der Waals surface area contributed by atoms with E-state index in [9.17, 15) is 14.9 Å². The molecule has 0 heterocycles. The molecule has 0 spiro atoms. The van der Waals surface area contributed by atoms with E-state index in [0.29, 0.717) is 23.0 Å². The van der Waals surface area contributed by atoms with Gasteiger partial charge in [-0.2, -0.15) is 0 Å². The van der Waals surface area contributed by atoms with Crippen molar-refractivity contribution in [2.24, 2.45) is 0 Å². The highest BCUT2D eigenvalue weighted by Gasteiger charge is 2.21. The predicted molar refractivity (Wildman–Crippen MR) is 82.0 cm³/mol. The monoisotopic (exact) mass is 394 g/mol. The average molecular weight is 394 g/mol. The molecule has 0 aliphatic rings. The summed E-state index contributed by atoms with van der Waals surface area (Å²) in [6, 6.07) is 3.72. The maximum Gasteiger partial charge on any atom is 0.326 e. The number of halogens is 1. The van der Waals surface area contributed by atoms with Gasteiger partial charge in [0, 0.05) is 23.4 Å². The molecule has 0 saturated heterocycles. The Morgan fingerprint density at radius 2 is 2.30 bits per heavy atom. The van der Waals surface area contributed by atoms with Gasteiger partial charge in [-0.05, 0) is 47.6 Å². The molecule has 0 bridgehead atoms. The lowest BCUT2D eigenvalue weighted by Gasteiger charge is -2.15. The molecule has 0 saturated carbocycles. The lowest BCUT2D eigenvalue weighted by atomic mass is 10.1. The maximum absolute atomic E-state index is 11.2. The molecular formula is C12H15IN2O5. The number of hydrogen-bond donors (Lipinski definition) is 2. The van der Waals surface area contributed by atoms with Crippen LogP contribution in [0.5, 0.6) is 0 Å². The third-order valence-electron chi connectivity index (χ3n) is 2.63. The van der Waals surface area contributed by atoms with Crippen LogP contribution in [0.2, 0.25) is 0 Å². The first-order chi connectivity index (χ1) is 9.45. The molecule has 0 aromatic heterocycles. The second-order valence-electron chi connectivity index (χ2n) is 4.09. The fourth-order valence-corrected chi connectivity index (χ4v) is 2.13. The second-order valence-corrected chi connectivity index (χ2v) is 5.33. The number of ether oxygens (including phenoxy) is 1. The molecule has 0 amide bonds. The summed E-state index contributed by atoms with van der Waals surface area (Å²) in [4.78, 5) is 21.6. The summed E-state index contributed by atoms with van der Waals surface area (Å²) < 4.78 is 5.58. The van der Waals surface area contributed by atoms with E-state index in [4.69, 9.17) is 9.84 Å². The third-order valence-corrected chi connectivity index (χ3v) is 3.30. The number of nitrogens with one attached hydrogen (secondary N) is 1. The van der Waals surface area contributed by atoms with Crippen LogP contribution in [0.25, 0.3) is 0 Å². The quantitative estimate of drug-likeness (QED) is 0.304. The highest BCUT2D eigenvalue weighted by Crippen LogP contribution is 2.27. The third kappa shape index (κ3) is 4.93. The molecule has 1 atom stereocenters. The molecule has 8 heteroatoms. The molecule has 1 unspecified atom stereocenters. The standard InChI is InChI=1S/C12H15IN2O5/c1-20-6-2-3-10(12(16)17)14-9-5-4-8(13)7-11(9)15(18)19/h4-5,7,10,14H,2-3,6H2,1H3,(H,16,17). The lowest BCUT2D eigenvalue weighted by molar-refractivity contribution is -0.384. The van der Waals surface area contributed by atoms with Gasteiger partial charge in [0.1, 0.15) is 11.7 Å². The van der Waals surface area contributed by atoms with Crippen LogP contribution in [0.15, 0.2) is 18.2 Å². The van der Waals surface area contributed by atoms with E-state index >= 15 is 0 Å². The number of carbonyl (C=O) groups is 1. The molecule has 0 fully saturated rings. The van der Waals surface area contributed by atoms with Crippen LogP contribution in [-0.4, -0.2) is 35.8 Å². The number of nitro groups is 1. The maximum atomic E-state index is 11.2. The number of nitrogens with zero attached hydrogens (tertiary/aromatic N) is 1. The van der Waals surface area contributed by atoms with E-state index in [2.05, 4.69) is 5.32 Å². The van der Waals surface area contributed by atoms with Gasteiger partial charge in [0.05, 0.1) is 4.92 Å². The minimum absolute atomic E-state index is 0.130. The van der Waals surface area contributed by atoms with Crippen molar-refractivity contribution in [3.8, 4) is 0 Å². The van der Waals surface area contributed by atoms with Gasteiger partial charge in [0.15, 0.2) is 0 Å². The van der Waals surface area contributed by atoms with Crippen LogP contribution >= 0.6 is 22.6 Å². The summed E-state index contributed by atoms with van der Waals surface area (Å²) in [6.07, 6.45) is 0.880. The molecule has 0 radical (unpaired) electrons. The molecule has 2 N–H and O–H groups in total. The Hall–Kier alpha value is -1.42. The van der Waals surface area contributed by atoms with Gasteiger partial charge in [-0.3, -0.25) is 10.1 Å². The van der Waals surface area contributed by atoms with Gasteiger partial charge < -0.3 is 15.2 Å². The van der Waals surface area contributed by atoms with Crippen LogP contribution in [0.4, 0.5) is 11.4 Å². The zero-order valence-electron chi connectivity index (χ0n) is 10.8. The van der Waals surface area contributed by atoms with Crippen molar-refractivity contribution in [1.82, 2.24) is 0 Å².